The Hall–Kier alpha value is -1.84. The number of halogens is 1. The van der Waals surface area contributed by atoms with E-state index in [2.05, 4.69) is 17.4 Å². The fourth-order valence-corrected chi connectivity index (χ4v) is 3.68. The molecule has 0 aromatic heterocycles. The van der Waals surface area contributed by atoms with Gasteiger partial charge in [-0.25, -0.2) is 0 Å². The molecule has 4 heteroatoms. The van der Waals surface area contributed by atoms with Gasteiger partial charge >= 0.3 is 0 Å². The molecule has 1 atom stereocenters. The van der Waals surface area contributed by atoms with Crippen LogP contribution >= 0.6 is 11.6 Å². The van der Waals surface area contributed by atoms with Crippen molar-refractivity contribution in [2.45, 2.75) is 12.1 Å². The predicted molar refractivity (Wildman–Crippen MR) is 82.3 cm³/mol. The second-order valence-corrected chi connectivity index (χ2v) is 6.03. The van der Waals surface area contributed by atoms with Gasteiger partial charge in [-0.05, 0) is 23.8 Å². The quantitative estimate of drug-likeness (QED) is 0.924. The second kappa shape index (κ2) is 4.58. The molecule has 2 aromatic carbocycles. The van der Waals surface area contributed by atoms with Gasteiger partial charge in [0.05, 0.1) is 0 Å². The number of rotatable bonds is 2. The molecule has 1 saturated heterocycles. The van der Waals surface area contributed by atoms with Crippen LogP contribution < -0.4 is 5.32 Å². The van der Waals surface area contributed by atoms with Gasteiger partial charge in [0.25, 0.3) is 5.91 Å². The molecule has 2 aliphatic heterocycles. The number of fused-ring (bicyclic) bond motifs is 3. The molecule has 0 bridgehead atoms. The topological polar surface area (TPSA) is 32.3 Å². The van der Waals surface area contributed by atoms with Crippen molar-refractivity contribution < 1.29 is 4.79 Å². The highest BCUT2D eigenvalue weighted by Gasteiger charge is 2.52. The van der Waals surface area contributed by atoms with Crippen molar-refractivity contribution in [2.75, 3.05) is 13.1 Å². The van der Waals surface area contributed by atoms with Gasteiger partial charge in [-0.3, -0.25) is 10.1 Å². The third-order valence-electron chi connectivity index (χ3n) is 4.42. The molecule has 1 N–H and O–H groups in total. The average Bonchev–Trinajstić information content (AvgIpc) is 3.00. The number of amides is 1. The molecule has 1 unspecified atom stereocenters. The zero-order valence-corrected chi connectivity index (χ0v) is 12.2. The van der Waals surface area contributed by atoms with Crippen LogP contribution in [-0.4, -0.2) is 23.9 Å². The van der Waals surface area contributed by atoms with Crippen molar-refractivity contribution in [3.05, 3.63) is 70.2 Å². The Bertz CT molecular complexity index is 716. The van der Waals surface area contributed by atoms with Crippen molar-refractivity contribution in [3.8, 4) is 0 Å². The van der Waals surface area contributed by atoms with Crippen molar-refractivity contribution in [1.82, 2.24) is 10.2 Å². The van der Waals surface area contributed by atoms with E-state index in [9.17, 15) is 4.79 Å². The Morgan fingerprint density at radius 3 is 2.81 bits per heavy atom. The van der Waals surface area contributed by atoms with E-state index in [1.54, 1.807) is 6.07 Å². The Balaban J connectivity index is 1.86. The first-order valence-corrected chi connectivity index (χ1v) is 7.49. The van der Waals surface area contributed by atoms with Crippen LogP contribution in [0.15, 0.2) is 48.5 Å². The minimum atomic E-state index is -0.446. The zero-order valence-electron chi connectivity index (χ0n) is 11.5. The van der Waals surface area contributed by atoms with E-state index in [4.69, 9.17) is 11.6 Å². The number of nitrogens with zero attached hydrogens (tertiary/aromatic N) is 1. The molecule has 1 fully saturated rings. The lowest BCUT2D eigenvalue weighted by Gasteiger charge is -2.33. The Morgan fingerprint density at radius 1 is 1.19 bits per heavy atom. The first-order valence-electron chi connectivity index (χ1n) is 7.12. The maximum Gasteiger partial charge on any atom is 0.256 e. The number of nitrogens with one attached hydrogen (secondary N) is 1. The summed E-state index contributed by atoms with van der Waals surface area (Å²) < 4.78 is 0. The smallest absolute Gasteiger partial charge is 0.256 e. The summed E-state index contributed by atoms with van der Waals surface area (Å²) in [4.78, 5) is 14.6. The summed E-state index contributed by atoms with van der Waals surface area (Å²) in [7, 11) is 0. The standard InChI is InChI=1S/C17H15ClN2O/c18-13-6-7-14-15(10-13)17(11-12-4-2-1-3-5-12)19-8-9-20(17)16(14)21/h1-7,10,19H,8-9,11H2. The lowest BCUT2D eigenvalue weighted by molar-refractivity contribution is 0.0631. The first-order chi connectivity index (χ1) is 10.2. The lowest BCUT2D eigenvalue weighted by atomic mass is 9.92. The number of carbonyl (C=O) groups is 1. The van der Waals surface area contributed by atoms with Crippen LogP contribution in [0.5, 0.6) is 0 Å². The average molecular weight is 299 g/mol. The molecular formula is C17H15ClN2O. The molecule has 1 amide bonds. The fourth-order valence-electron chi connectivity index (χ4n) is 3.51. The van der Waals surface area contributed by atoms with Gasteiger partial charge < -0.3 is 4.90 Å². The summed E-state index contributed by atoms with van der Waals surface area (Å²) in [6.07, 6.45) is 0.757. The summed E-state index contributed by atoms with van der Waals surface area (Å²) in [6.45, 7) is 1.54. The maximum atomic E-state index is 12.6. The van der Waals surface area contributed by atoms with Crippen LogP contribution in [-0.2, 0) is 12.1 Å². The molecule has 3 nitrogen and oxygen atoms in total. The van der Waals surface area contributed by atoms with Crippen molar-refractivity contribution in [3.63, 3.8) is 0 Å². The van der Waals surface area contributed by atoms with Crippen LogP contribution in [0.1, 0.15) is 21.5 Å². The summed E-state index contributed by atoms with van der Waals surface area (Å²) in [6, 6.07) is 15.8. The van der Waals surface area contributed by atoms with Crippen LogP contribution in [0.3, 0.4) is 0 Å². The van der Waals surface area contributed by atoms with E-state index in [1.807, 2.05) is 35.2 Å². The number of hydrogen-bond acceptors (Lipinski definition) is 2. The van der Waals surface area contributed by atoms with Crippen LogP contribution in [0.4, 0.5) is 0 Å². The van der Waals surface area contributed by atoms with Crippen LogP contribution in [0, 0.1) is 0 Å². The first kappa shape index (κ1) is 12.9. The van der Waals surface area contributed by atoms with E-state index in [0.717, 1.165) is 30.6 Å². The molecule has 2 aliphatic rings. The minimum Gasteiger partial charge on any atom is -0.315 e. The summed E-state index contributed by atoms with van der Waals surface area (Å²) in [5.41, 5.74) is 2.53. The van der Waals surface area contributed by atoms with Crippen LogP contribution in [0.25, 0.3) is 0 Å². The monoisotopic (exact) mass is 298 g/mol. The van der Waals surface area contributed by atoms with Gasteiger partial charge in [-0.1, -0.05) is 41.9 Å². The molecule has 106 valence electrons. The van der Waals surface area contributed by atoms with Crippen molar-refractivity contribution in [2.24, 2.45) is 0 Å². The normalized spacial score (nSPS) is 23.3. The second-order valence-electron chi connectivity index (χ2n) is 5.60. The molecule has 0 spiro atoms. The predicted octanol–water partition coefficient (Wildman–Crippen LogP) is 2.79. The van der Waals surface area contributed by atoms with Gasteiger partial charge in [-0.15, -0.1) is 0 Å². The number of hydrogen-bond donors (Lipinski definition) is 1. The molecule has 4 rings (SSSR count). The van der Waals surface area contributed by atoms with E-state index in [-0.39, 0.29) is 5.91 Å². The third kappa shape index (κ3) is 1.81. The summed E-state index contributed by atoms with van der Waals surface area (Å²) >= 11 is 6.17. The van der Waals surface area contributed by atoms with Crippen molar-refractivity contribution >= 4 is 17.5 Å². The molecule has 0 saturated carbocycles. The van der Waals surface area contributed by atoms with Crippen LogP contribution in [0.2, 0.25) is 5.02 Å². The highest BCUT2D eigenvalue weighted by molar-refractivity contribution is 6.30. The maximum absolute atomic E-state index is 12.6. The van der Waals surface area contributed by atoms with Gasteiger partial charge in [0.2, 0.25) is 0 Å². The number of benzene rings is 2. The van der Waals surface area contributed by atoms with Gasteiger partial charge in [0.1, 0.15) is 5.66 Å². The molecule has 21 heavy (non-hydrogen) atoms. The fraction of sp³-hybridized carbons (Fsp3) is 0.235. The van der Waals surface area contributed by atoms with E-state index >= 15 is 0 Å². The number of carbonyl (C=O) groups excluding carboxylic acids is 1. The largest absolute Gasteiger partial charge is 0.315 e. The third-order valence-corrected chi connectivity index (χ3v) is 4.65. The Kier molecular flexibility index (Phi) is 2.81. The molecule has 0 aliphatic carbocycles. The van der Waals surface area contributed by atoms with Gasteiger partial charge in [0.15, 0.2) is 0 Å². The molecule has 2 aromatic rings. The van der Waals surface area contributed by atoms with E-state index < -0.39 is 5.66 Å². The van der Waals surface area contributed by atoms with Gasteiger partial charge in [0, 0.05) is 35.7 Å². The van der Waals surface area contributed by atoms with Gasteiger partial charge in [-0.2, -0.15) is 0 Å². The highest BCUT2D eigenvalue weighted by atomic mass is 35.5. The Morgan fingerprint density at radius 2 is 2.00 bits per heavy atom. The van der Waals surface area contributed by atoms with E-state index in [0.29, 0.717) is 5.02 Å². The summed E-state index contributed by atoms with van der Waals surface area (Å²) in [5, 5.41) is 4.21. The Labute approximate surface area is 128 Å². The lowest BCUT2D eigenvalue weighted by Crippen LogP contribution is -2.47. The molecule has 2 heterocycles. The molecule has 0 radical (unpaired) electrons. The van der Waals surface area contributed by atoms with Crippen molar-refractivity contribution in [1.29, 1.82) is 0 Å². The minimum absolute atomic E-state index is 0.0996. The summed E-state index contributed by atoms with van der Waals surface area (Å²) in [5.74, 6) is 0.0996. The highest BCUT2D eigenvalue weighted by Crippen LogP contribution is 2.42. The zero-order chi connectivity index (χ0) is 14.4. The SMILES string of the molecule is O=C1c2ccc(Cl)cc2C2(Cc3ccccc3)NCCN12. The van der Waals surface area contributed by atoms with E-state index in [1.165, 1.54) is 5.56 Å². The molecular weight excluding hydrogens is 284 g/mol.